The quantitative estimate of drug-likeness (QED) is 0.942. The summed E-state index contributed by atoms with van der Waals surface area (Å²) >= 11 is 1.17. The van der Waals surface area contributed by atoms with Gasteiger partial charge in [0.05, 0.1) is 5.69 Å². The summed E-state index contributed by atoms with van der Waals surface area (Å²) in [5, 5.41) is 10.9. The summed E-state index contributed by atoms with van der Waals surface area (Å²) in [5.41, 5.74) is 2.46. The molecule has 1 aliphatic rings. The van der Waals surface area contributed by atoms with Gasteiger partial charge in [-0.05, 0) is 18.1 Å². The normalized spacial score (nSPS) is 14.7. The van der Waals surface area contributed by atoms with E-state index >= 15 is 0 Å². The third-order valence-corrected chi connectivity index (χ3v) is 4.87. The SMILES string of the molecule is Cc1c(N2CCN(Cc3ccccc3)C2=O)csc1C(=O)O. The summed E-state index contributed by atoms with van der Waals surface area (Å²) < 4.78 is 0. The zero-order valence-electron chi connectivity index (χ0n) is 12.2. The second-order valence-corrected chi connectivity index (χ2v) is 6.10. The number of amides is 2. The first kappa shape index (κ1) is 14.6. The first-order valence-corrected chi connectivity index (χ1v) is 7.87. The molecule has 1 aliphatic heterocycles. The molecule has 1 saturated heterocycles. The largest absolute Gasteiger partial charge is 0.477 e. The van der Waals surface area contributed by atoms with Crippen molar-refractivity contribution in [1.82, 2.24) is 4.90 Å². The van der Waals surface area contributed by atoms with Gasteiger partial charge in [0.2, 0.25) is 0 Å². The lowest BCUT2D eigenvalue weighted by Gasteiger charge is -2.18. The van der Waals surface area contributed by atoms with E-state index in [1.54, 1.807) is 22.1 Å². The van der Waals surface area contributed by atoms with Gasteiger partial charge in [0.25, 0.3) is 0 Å². The van der Waals surface area contributed by atoms with Crippen molar-refractivity contribution in [2.24, 2.45) is 0 Å². The lowest BCUT2D eigenvalue weighted by molar-refractivity contribution is 0.0701. The number of nitrogens with zero attached hydrogens (tertiary/aromatic N) is 2. The molecule has 3 rings (SSSR count). The average molecular weight is 316 g/mol. The number of carboxylic acid groups (broad SMARTS) is 1. The fourth-order valence-electron chi connectivity index (χ4n) is 2.64. The van der Waals surface area contributed by atoms with E-state index in [1.165, 1.54) is 11.3 Å². The first-order chi connectivity index (χ1) is 10.6. The Morgan fingerprint density at radius 3 is 2.64 bits per heavy atom. The van der Waals surface area contributed by atoms with Crippen LogP contribution in [0.1, 0.15) is 20.8 Å². The van der Waals surface area contributed by atoms with Gasteiger partial charge >= 0.3 is 12.0 Å². The Morgan fingerprint density at radius 2 is 2.00 bits per heavy atom. The van der Waals surface area contributed by atoms with Crippen molar-refractivity contribution in [3.8, 4) is 0 Å². The van der Waals surface area contributed by atoms with E-state index in [9.17, 15) is 9.59 Å². The van der Waals surface area contributed by atoms with Crippen molar-refractivity contribution in [3.63, 3.8) is 0 Å². The highest BCUT2D eigenvalue weighted by Crippen LogP contribution is 2.32. The minimum atomic E-state index is -0.943. The molecule has 1 N–H and O–H groups in total. The zero-order chi connectivity index (χ0) is 15.7. The highest BCUT2D eigenvalue weighted by Gasteiger charge is 2.32. The summed E-state index contributed by atoms with van der Waals surface area (Å²) in [6.45, 7) is 3.56. The molecule has 114 valence electrons. The van der Waals surface area contributed by atoms with Crippen LogP contribution >= 0.6 is 11.3 Å². The zero-order valence-corrected chi connectivity index (χ0v) is 13.0. The van der Waals surface area contributed by atoms with E-state index in [0.29, 0.717) is 35.8 Å². The lowest BCUT2D eigenvalue weighted by atomic mass is 10.2. The molecule has 1 aromatic heterocycles. The van der Waals surface area contributed by atoms with Crippen LogP contribution in [-0.4, -0.2) is 35.1 Å². The summed E-state index contributed by atoms with van der Waals surface area (Å²) in [4.78, 5) is 27.4. The molecule has 0 atom stereocenters. The van der Waals surface area contributed by atoms with E-state index in [1.807, 2.05) is 30.3 Å². The minimum Gasteiger partial charge on any atom is -0.477 e. The fourth-order valence-corrected chi connectivity index (χ4v) is 3.56. The molecular weight excluding hydrogens is 300 g/mol. The molecule has 2 amide bonds. The van der Waals surface area contributed by atoms with Crippen molar-refractivity contribution >= 4 is 29.0 Å². The van der Waals surface area contributed by atoms with Crippen LogP contribution in [-0.2, 0) is 6.54 Å². The average Bonchev–Trinajstić information content (AvgIpc) is 3.04. The van der Waals surface area contributed by atoms with Crippen molar-refractivity contribution in [2.75, 3.05) is 18.0 Å². The Morgan fingerprint density at radius 1 is 1.27 bits per heavy atom. The van der Waals surface area contributed by atoms with Crippen molar-refractivity contribution in [1.29, 1.82) is 0 Å². The molecule has 0 aliphatic carbocycles. The Bertz CT molecular complexity index is 711. The number of benzene rings is 1. The second kappa shape index (κ2) is 5.81. The van der Waals surface area contributed by atoms with Crippen LogP contribution in [0.4, 0.5) is 10.5 Å². The number of carboxylic acids is 1. The highest BCUT2D eigenvalue weighted by atomic mass is 32.1. The first-order valence-electron chi connectivity index (χ1n) is 6.99. The molecule has 0 spiro atoms. The van der Waals surface area contributed by atoms with Gasteiger partial charge < -0.3 is 10.0 Å². The molecule has 0 radical (unpaired) electrons. The number of urea groups is 1. The molecule has 1 fully saturated rings. The van der Waals surface area contributed by atoms with Gasteiger partial charge in [0.15, 0.2) is 0 Å². The van der Waals surface area contributed by atoms with Crippen LogP contribution in [0.3, 0.4) is 0 Å². The molecule has 6 heteroatoms. The van der Waals surface area contributed by atoms with E-state index in [0.717, 1.165) is 5.56 Å². The highest BCUT2D eigenvalue weighted by molar-refractivity contribution is 7.12. The number of hydrogen-bond acceptors (Lipinski definition) is 3. The van der Waals surface area contributed by atoms with Gasteiger partial charge in [-0.3, -0.25) is 4.90 Å². The Kier molecular flexibility index (Phi) is 3.85. The van der Waals surface area contributed by atoms with Crippen LogP contribution in [0, 0.1) is 6.92 Å². The van der Waals surface area contributed by atoms with Crippen LogP contribution < -0.4 is 4.90 Å². The van der Waals surface area contributed by atoms with Gasteiger partial charge in [0, 0.05) is 25.0 Å². The Balaban J connectivity index is 1.78. The number of thiophene rings is 1. The summed E-state index contributed by atoms with van der Waals surface area (Å²) in [6, 6.07) is 9.78. The summed E-state index contributed by atoms with van der Waals surface area (Å²) in [5.74, 6) is -0.943. The van der Waals surface area contributed by atoms with Crippen LogP contribution in [0.2, 0.25) is 0 Å². The second-order valence-electron chi connectivity index (χ2n) is 5.22. The van der Waals surface area contributed by atoms with Crippen LogP contribution in [0.15, 0.2) is 35.7 Å². The number of anilines is 1. The number of carbonyl (C=O) groups excluding carboxylic acids is 1. The topological polar surface area (TPSA) is 60.9 Å². The summed E-state index contributed by atoms with van der Waals surface area (Å²) in [7, 11) is 0. The molecule has 0 bridgehead atoms. The standard InChI is InChI=1S/C16H16N2O3S/c1-11-13(10-22-14(11)15(19)20)18-8-7-17(16(18)21)9-12-5-3-2-4-6-12/h2-6,10H,7-9H2,1H3,(H,19,20). The molecule has 22 heavy (non-hydrogen) atoms. The van der Waals surface area contributed by atoms with Gasteiger partial charge in [-0.1, -0.05) is 30.3 Å². The van der Waals surface area contributed by atoms with Crippen molar-refractivity contribution < 1.29 is 14.7 Å². The maximum atomic E-state index is 12.6. The van der Waals surface area contributed by atoms with E-state index in [-0.39, 0.29) is 6.03 Å². The molecule has 1 aromatic carbocycles. The Labute approximate surface area is 132 Å². The number of carbonyl (C=O) groups is 2. The van der Waals surface area contributed by atoms with E-state index in [2.05, 4.69) is 0 Å². The molecule has 0 saturated carbocycles. The predicted octanol–water partition coefficient (Wildman–Crippen LogP) is 3.20. The molecule has 2 heterocycles. The van der Waals surface area contributed by atoms with Crippen LogP contribution in [0.5, 0.6) is 0 Å². The monoisotopic (exact) mass is 316 g/mol. The van der Waals surface area contributed by atoms with E-state index < -0.39 is 5.97 Å². The fraction of sp³-hybridized carbons (Fsp3) is 0.250. The van der Waals surface area contributed by atoms with Crippen molar-refractivity contribution in [3.05, 3.63) is 51.7 Å². The molecule has 0 unspecified atom stereocenters. The number of aromatic carboxylic acids is 1. The van der Waals surface area contributed by atoms with Gasteiger partial charge in [-0.2, -0.15) is 0 Å². The predicted molar refractivity (Wildman–Crippen MR) is 85.6 cm³/mol. The summed E-state index contributed by atoms with van der Waals surface area (Å²) in [6.07, 6.45) is 0. The minimum absolute atomic E-state index is 0.0679. The maximum absolute atomic E-state index is 12.6. The number of hydrogen-bond donors (Lipinski definition) is 1. The van der Waals surface area contributed by atoms with Crippen LogP contribution in [0.25, 0.3) is 0 Å². The third kappa shape index (κ3) is 2.57. The number of rotatable bonds is 4. The molecular formula is C16H16N2O3S. The molecule has 2 aromatic rings. The third-order valence-electron chi connectivity index (χ3n) is 3.81. The Hall–Kier alpha value is -2.34. The van der Waals surface area contributed by atoms with Gasteiger partial charge in [-0.15, -0.1) is 11.3 Å². The molecule has 5 nitrogen and oxygen atoms in total. The lowest BCUT2D eigenvalue weighted by Crippen LogP contribution is -2.31. The van der Waals surface area contributed by atoms with E-state index in [4.69, 9.17) is 5.11 Å². The maximum Gasteiger partial charge on any atom is 0.346 e. The van der Waals surface area contributed by atoms with Gasteiger partial charge in [-0.25, -0.2) is 9.59 Å². The smallest absolute Gasteiger partial charge is 0.346 e. The van der Waals surface area contributed by atoms with Crippen molar-refractivity contribution in [2.45, 2.75) is 13.5 Å². The van der Waals surface area contributed by atoms with Gasteiger partial charge in [0.1, 0.15) is 4.88 Å².